The standard InChI is InChI=1S/C31H36N6O4S/c1-3-22(38)36-20-9-4-5-10-21(20)37-30(40)28-25-24-18(11-13-19(32)27(24)42-28)31(34,29(39)26(25)33)17-12-14-23(35-15(17)2)41-16-7-6-8-16/h3,11-14,16,20-21,26H,1,4-10,32-34H2,2H3,(H,36,38)(H,37,40)/t20-,21+,26?,31?/m0/s1. The molecular formula is C31H36N6O4S. The van der Waals surface area contributed by atoms with Crippen LogP contribution in [0.1, 0.15) is 83.0 Å². The van der Waals surface area contributed by atoms with E-state index in [0.29, 0.717) is 55.3 Å². The molecule has 0 bridgehead atoms. The molecule has 2 fully saturated rings. The first-order valence-corrected chi connectivity index (χ1v) is 15.3. The first kappa shape index (κ1) is 28.3. The number of hydrogen-bond donors (Lipinski definition) is 5. The highest BCUT2D eigenvalue weighted by Crippen LogP contribution is 2.50. The lowest BCUT2D eigenvalue weighted by Gasteiger charge is -2.37. The van der Waals surface area contributed by atoms with Gasteiger partial charge in [-0.3, -0.25) is 14.4 Å². The van der Waals surface area contributed by atoms with E-state index in [-0.39, 0.29) is 30.0 Å². The van der Waals surface area contributed by atoms with Crippen molar-refractivity contribution in [2.75, 3.05) is 5.73 Å². The molecule has 42 heavy (non-hydrogen) atoms. The Labute approximate surface area is 248 Å². The van der Waals surface area contributed by atoms with Crippen molar-refractivity contribution in [1.29, 1.82) is 0 Å². The number of amides is 2. The fourth-order valence-electron chi connectivity index (χ4n) is 6.46. The zero-order valence-corrected chi connectivity index (χ0v) is 24.4. The maximum absolute atomic E-state index is 14.2. The molecule has 2 amide bonds. The fourth-order valence-corrected chi connectivity index (χ4v) is 7.66. The van der Waals surface area contributed by atoms with E-state index >= 15 is 0 Å². The van der Waals surface area contributed by atoms with Gasteiger partial charge in [-0.15, -0.1) is 11.3 Å². The molecule has 0 spiro atoms. The smallest absolute Gasteiger partial charge is 0.262 e. The van der Waals surface area contributed by atoms with E-state index < -0.39 is 17.4 Å². The molecule has 2 aromatic heterocycles. The number of benzene rings is 1. The number of pyridine rings is 1. The summed E-state index contributed by atoms with van der Waals surface area (Å²) in [5.74, 6) is -0.570. The SMILES string of the molecule is C=CC(=O)N[C@H]1CCCC[C@H]1NC(=O)c1sc2c(N)ccc3c2c1C(N)C(=O)C3(N)c1ccc(OC2CCC2)nc1C. The topological polar surface area (TPSA) is 175 Å². The Hall–Kier alpha value is -3.80. The van der Waals surface area contributed by atoms with Gasteiger partial charge in [-0.1, -0.05) is 25.5 Å². The van der Waals surface area contributed by atoms with E-state index in [0.717, 1.165) is 38.5 Å². The third-order valence-corrected chi connectivity index (χ3v) is 10.2. The van der Waals surface area contributed by atoms with E-state index in [1.54, 1.807) is 31.2 Å². The highest BCUT2D eigenvalue weighted by molar-refractivity contribution is 7.21. The molecule has 2 unspecified atom stereocenters. The van der Waals surface area contributed by atoms with Gasteiger partial charge in [0.15, 0.2) is 5.78 Å². The summed E-state index contributed by atoms with van der Waals surface area (Å²) in [6.07, 6.45) is 7.86. The lowest BCUT2D eigenvalue weighted by molar-refractivity contribution is -0.124. The number of nitrogens with two attached hydrogens (primary N) is 3. The predicted molar refractivity (Wildman–Crippen MR) is 162 cm³/mol. The third kappa shape index (κ3) is 4.56. The summed E-state index contributed by atoms with van der Waals surface area (Å²) >= 11 is 1.21. The summed E-state index contributed by atoms with van der Waals surface area (Å²) in [6, 6.07) is 5.34. The second-order valence-electron chi connectivity index (χ2n) is 11.5. The lowest BCUT2D eigenvalue weighted by Crippen LogP contribution is -2.54. The van der Waals surface area contributed by atoms with Crippen LogP contribution in [-0.4, -0.2) is 40.8 Å². The van der Waals surface area contributed by atoms with Crippen LogP contribution < -0.4 is 32.6 Å². The minimum Gasteiger partial charge on any atom is -0.474 e. The highest BCUT2D eigenvalue weighted by Gasteiger charge is 2.49. The molecular weight excluding hydrogens is 552 g/mol. The van der Waals surface area contributed by atoms with E-state index in [9.17, 15) is 14.4 Å². The maximum atomic E-state index is 14.2. The Morgan fingerprint density at radius 2 is 1.76 bits per heavy atom. The third-order valence-electron chi connectivity index (χ3n) is 8.94. The fraction of sp³-hybridized carbons (Fsp3) is 0.419. The van der Waals surface area contributed by atoms with Gasteiger partial charge >= 0.3 is 0 Å². The van der Waals surface area contributed by atoms with Crippen molar-refractivity contribution in [2.24, 2.45) is 11.5 Å². The quantitative estimate of drug-likeness (QED) is 0.206. The Morgan fingerprint density at radius 1 is 1.07 bits per heavy atom. The van der Waals surface area contributed by atoms with Gasteiger partial charge in [-0.05, 0) is 62.8 Å². The molecule has 220 valence electrons. The van der Waals surface area contributed by atoms with Gasteiger partial charge in [0.2, 0.25) is 11.8 Å². The summed E-state index contributed by atoms with van der Waals surface area (Å²) in [5, 5.41) is 6.67. The molecule has 8 N–H and O–H groups in total. The summed E-state index contributed by atoms with van der Waals surface area (Å²) in [5.41, 5.74) is 21.0. The minimum absolute atomic E-state index is 0.163. The van der Waals surface area contributed by atoms with Crippen LogP contribution in [0, 0.1) is 6.92 Å². The normalized spacial score (nSPS) is 25.5. The molecule has 0 radical (unpaired) electrons. The Balaban J connectivity index is 1.40. The molecule has 0 aliphatic heterocycles. The van der Waals surface area contributed by atoms with Gasteiger partial charge in [0.1, 0.15) is 11.6 Å². The predicted octanol–water partition coefficient (Wildman–Crippen LogP) is 3.25. The second kappa shape index (κ2) is 10.8. The summed E-state index contributed by atoms with van der Waals surface area (Å²) < 4.78 is 6.62. The molecule has 10 nitrogen and oxygen atoms in total. The lowest BCUT2D eigenvalue weighted by atomic mass is 9.70. The van der Waals surface area contributed by atoms with Crippen LogP contribution in [-0.2, 0) is 15.1 Å². The largest absolute Gasteiger partial charge is 0.474 e. The van der Waals surface area contributed by atoms with Gasteiger partial charge in [-0.25, -0.2) is 4.98 Å². The number of anilines is 1. The number of ketones is 1. The number of aryl methyl sites for hydroxylation is 1. The molecule has 3 aromatic rings. The molecule has 2 heterocycles. The summed E-state index contributed by atoms with van der Waals surface area (Å²) in [6.45, 7) is 5.33. The number of nitrogens with one attached hydrogen (secondary N) is 2. The van der Waals surface area contributed by atoms with E-state index in [1.165, 1.54) is 17.4 Å². The average Bonchev–Trinajstić information content (AvgIpc) is 3.36. The van der Waals surface area contributed by atoms with Gasteiger partial charge in [0, 0.05) is 46.0 Å². The zero-order chi connectivity index (χ0) is 29.8. The zero-order valence-electron chi connectivity index (χ0n) is 23.6. The number of hydrogen-bond acceptors (Lipinski definition) is 9. The van der Waals surface area contributed by atoms with Crippen LogP contribution in [0.25, 0.3) is 10.1 Å². The van der Waals surface area contributed by atoms with Gasteiger partial charge in [0.25, 0.3) is 5.91 Å². The van der Waals surface area contributed by atoms with Crippen molar-refractivity contribution in [3.8, 4) is 5.88 Å². The molecule has 4 atom stereocenters. The van der Waals surface area contributed by atoms with E-state index in [1.807, 2.05) is 0 Å². The molecule has 3 aliphatic carbocycles. The van der Waals surface area contributed by atoms with Crippen molar-refractivity contribution in [3.63, 3.8) is 0 Å². The van der Waals surface area contributed by atoms with Crippen LogP contribution in [0.15, 0.2) is 36.9 Å². The van der Waals surface area contributed by atoms with Crippen molar-refractivity contribution in [2.45, 2.75) is 81.6 Å². The molecule has 2 saturated carbocycles. The summed E-state index contributed by atoms with van der Waals surface area (Å²) in [7, 11) is 0. The van der Waals surface area contributed by atoms with Crippen molar-refractivity contribution < 1.29 is 19.1 Å². The number of thiophene rings is 1. The van der Waals surface area contributed by atoms with E-state index in [4.69, 9.17) is 21.9 Å². The minimum atomic E-state index is -1.59. The van der Waals surface area contributed by atoms with Gasteiger partial charge < -0.3 is 32.6 Å². The van der Waals surface area contributed by atoms with Crippen LogP contribution >= 0.6 is 11.3 Å². The monoisotopic (exact) mass is 588 g/mol. The van der Waals surface area contributed by atoms with E-state index in [2.05, 4.69) is 22.2 Å². The van der Waals surface area contributed by atoms with Crippen molar-refractivity contribution in [1.82, 2.24) is 15.6 Å². The number of nitrogen functional groups attached to an aromatic ring is 1. The van der Waals surface area contributed by atoms with Crippen molar-refractivity contribution >= 4 is 44.7 Å². The number of Topliss-reactive ketones (excluding diaryl/α,β-unsaturated/α-hetero) is 1. The van der Waals surface area contributed by atoms with Crippen molar-refractivity contribution in [3.05, 3.63) is 64.2 Å². The van der Waals surface area contributed by atoms with Crippen LogP contribution in [0.4, 0.5) is 5.69 Å². The number of carbonyl (C=O) groups excluding carboxylic acids is 3. The summed E-state index contributed by atoms with van der Waals surface area (Å²) in [4.78, 5) is 44.9. The van der Waals surface area contributed by atoms with Gasteiger partial charge in [-0.2, -0.15) is 0 Å². The molecule has 0 saturated heterocycles. The molecule has 11 heteroatoms. The first-order chi connectivity index (χ1) is 20.1. The molecule has 3 aliphatic rings. The van der Waals surface area contributed by atoms with Crippen LogP contribution in [0.5, 0.6) is 5.88 Å². The average molecular weight is 589 g/mol. The highest BCUT2D eigenvalue weighted by atomic mass is 32.1. The Morgan fingerprint density at radius 3 is 2.40 bits per heavy atom. The maximum Gasteiger partial charge on any atom is 0.262 e. The number of nitrogens with zero attached hydrogens (tertiary/aromatic N) is 1. The first-order valence-electron chi connectivity index (χ1n) is 14.5. The molecule has 6 rings (SSSR count). The Bertz CT molecular complexity index is 1610. The van der Waals surface area contributed by atoms with Crippen LogP contribution in [0.3, 0.4) is 0 Å². The number of rotatable bonds is 7. The number of aromatic nitrogens is 1. The second-order valence-corrected chi connectivity index (χ2v) is 12.6. The van der Waals surface area contributed by atoms with Crippen LogP contribution in [0.2, 0.25) is 0 Å². The number of carbonyl (C=O) groups is 3. The molecule has 1 aromatic carbocycles. The Kier molecular flexibility index (Phi) is 7.28. The number of ether oxygens (including phenoxy) is 1. The van der Waals surface area contributed by atoms with Gasteiger partial charge in [0.05, 0.1) is 15.6 Å².